The van der Waals surface area contributed by atoms with Gasteiger partial charge >= 0.3 is 0 Å². The number of sulfone groups is 1. The molecule has 1 aliphatic rings. The van der Waals surface area contributed by atoms with Gasteiger partial charge in [0.15, 0.2) is 9.84 Å². The number of nitrogens with zero attached hydrogens (tertiary/aromatic N) is 2. The van der Waals surface area contributed by atoms with Gasteiger partial charge in [0.1, 0.15) is 0 Å². The van der Waals surface area contributed by atoms with E-state index in [0.29, 0.717) is 17.3 Å². The van der Waals surface area contributed by atoms with Crippen molar-refractivity contribution in [1.82, 2.24) is 4.90 Å². The van der Waals surface area contributed by atoms with Crippen molar-refractivity contribution in [3.8, 4) is 17.2 Å². The Morgan fingerprint density at radius 1 is 1.05 bits per heavy atom. The molecule has 0 aromatic heterocycles. The SMILES string of the molecule is Cc1cc(NC(=O)Cc2ccc(S(C)(=O)=O)cc2)ccc1-c1ccc(C=C2CCN(C(C)C)CC2)c(C#N)c1. The molecular formula is C32H35N3O3S. The van der Waals surface area contributed by atoms with E-state index in [1.54, 1.807) is 12.1 Å². The second-order valence-corrected chi connectivity index (χ2v) is 12.5. The number of hydrogen-bond acceptors (Lipinski definition) is 5. The maximum Gasteiger partial charge on any atom is 0.228 e. The average molecular weight is 542 g/mol. The monoisotopic (exact) mass is 541 g/mol. The highest BCUT2D eigenvalue weighted by atomic mass is 32.2. The van der Waals surface area contributed by atoms with Crippen molar-refractivity contribution < 1.29 is 13.2 Å². The Hall–Kier alpha value is -3.73. The quantitative estimate of drug-likeness (QED) is 0.396. The molecule has 1 saturated heterocycles. The zero-order valence-corrected chi connectivity index (χ0v) is 23.8. The summed E-state index contributed by atoms with van der Waals surface area (Å²) in [7, 11) is -3.27. The topological polar surface area (TPSA) is 90.3 Å². The van der Waals surface area contributed by atoms with Gasteiger partial charge in [-0.3, -0.25) is 4.79 Å². The molecule has 0 spiro atoms. The number of rotatable bonds is 7. The van der Waals surface area contributed by atoms with Crippen LogP contribution in [0, 0.1) is 18.3 Å². The molecule has 3 aromatic rings. The van der Waals surface area contributed by atoms with Gasteiger partial charge in [-0.15, -0.1) is 0 Å². The molecule has 4 rings (SSSR count). The molecular weight excluding hydrogens is 506 g/mol. The summed E-state index contributed by atoms with van der Waals surface area (Å²) in [5.41, 5.74) is 7.38. The van der Waals surface area contributed by atoms with E-state index in [4.69, 9.17) is 0 Å². The number of nitrogens with one attached hydrogen (secondary N) is 1. The standard InChI is InChI=1S/C32H35N3O3S/c1-22(2)35-15-13-25(14-16-35)18-26-7-8-27(20-28(26)21-33)31-12-9-29(17-23(31)3)34-32(36)19-24-5-10-30(11-6-24)39(4,37)38/h5-12,17-18,20,22H,13-16,19H2,1-4H3,(H,34,36). The molecule has 1 amide bonds. The van der Waals surface area contributed by atoms with Crippen molar-refractivity contribution in [1.29, 1.82) is 5.26 Å². The van der Waals surface area contributed by atoms with Gasteiger partial charge in [-0.05, 0) is 91.8 Å². The third kappa shape index (κ3) is 7.23. The van der Waals surface area contributed by atoms with E-state index in [-0.39, 0.29) is 17.2 Å². The van der Waals surface area contributed by atoms with Gasteiger partial charge in [0.2, 0.25) is 5.91 Å². The molecule has 0 unspecified atom stereocenters. The summed E-state index contributed by atoms with van der Waals surface area (Å²) in [5, 5.41) is 12.8. The van der Waals surface area contributed by atoms with Crippen molar-refractivity contribution in [3.05, 3.63) is 88.5 Å². The first-order valence-corrected chi connectivity index (χ1v) is 15.1. The summed E-state index contributed by atoms with van der Waals surface area (Å²) in [5.74, 6) is -0.183. The minimum absolute atomic E-state index is 0.142. The Morgan fingerprint density at radius 2 is 1.74 bits per heavy atom. The van der Waals surface area contributed by atoms with Gasteiger partial charge in [-0.2, -0.15) is 5.26 Å². The van der Waals surface area contributed by atoms with Crippen molar-refractivity contribution in [2.24, 2.45) is 0 Å². The Bertz CT molecular complexity index is 1540. The summed E-state index contributed by atoms with van der Waals surface area (Å²) in [4.78, 5) is 15.3. The van der Waals surface area contributed by atoms with Crippen LogP contribution in [0.3, 0.4) is 0 Å². The summed E-state index contributed by atoms with van der Waals surface area (Å²) in [6, 6.07) is 21.0. The first-order valence-electron chi connectivity index (χ1n) is 13.2. The van der Waals surface area contributed by atoms with Crippen LogP contribution >= 0.6 is 0 Å². The van der Waals surface area contributed by atoms with Crippen LogP contribution in [0.15, 0.2) is 71.1 Å². The highest BCUT2D eigenvalue weighted by Gasteiger charge is 2.17. The molecule has 1 heterocycles. The molecule has 0 radical (unpaired) electrons. The lowest BCUT2D eigenvalue weighted by molar-refractivity contribution is -0.115. The van der Waals surface area contributed by atoms with Crippen molar-refractivity contribution in [2.45, 2.75) is 51.0 Å². The van der Waals surface area contributed by atoms with E-state index in [0.717, 1.165) is 60.0 Å². The molecule has 202 valence electrons. The molecule has 1 N–H and O–H groups in total. The number of aryl methyl sites for hydroxylation is 1. The number of amides is 1. The minimum Gasteiger partial charge on any atom is -0.326 e. The van der Waals surface area contributed by atoms with Crippen LogP contribution in [0.4, 0.5) is 5.69 Å². The highest BCUT2D eigenvalue weighted by molar-refractivity contribution is 7.90. The highest BCUT2D eigenvalue weighted by Crippen LogP contribution is 2.29. The second kappa shape index (κ2) is 12.0. The number of piperidine rings is 1. The Balaban J connectivity index is 1.44. The fourth-order valence-corrected chi connectivity index (χ4v) is 5.58. The van der Waals surface area contributed by atoms with Crippen LogP contribution in [0.2, 0.25) is 0 Å². The Kier molecular flexibility index (Phi) is 8.69. The molecule has 7 heteroatoms. The first-order chi connectivity index (χ1) is 18.5. The van der Waals surface area contributed by atoms with Gasteiger partial charge in [0.05, 0.1) is 22.9 Å². The van der Waals surface area contributed by atoms with Gasteiger partial charge in [-0.25, -0.2) is 8.42 Å². The molecule has 3 aromatic carbocycles. The van der Waals surface area contributed by atoms with Crippen LogP contribution < -0.4 is 5.32 Å². The van der Waals surface area contributed by atoms with E-state index >= 15 is 0 Å². The number of hydrogen-bond donors (Lipinski definition) is 1. The van der Waals surface area contributed by atoms with Crippen LogP contribution in [-0.2, 0) is 21.1 Å². The number of likely N-dealkylation sites (tertiary alicyclic amines) is 1. The summed E-state index contributed by atoms with van der Waals surface area (Å²) in [6.07, 6.45) is 5.54. The second-order valence-electron chi connectivity index (χ2n) is 10.5. The van der Waals surface area contributed by atoms with Crippen molar-refractivity contribution in [3.63, 3.8) is 0 Å². The Morgan fingerprint density at radius 3 is 2.33 bits per heavy atom. The van der Waals surface area contributed by atoms with Crippen LogP contribution in [0.25, 0.3) is 17.2 Å². The van der Waals surface area contributed by atoms with Gasteiger partial charge in [-0.1, -0.05) is 42.0 Å². The van der Waals surface area contributed by atoms with Gasteiger partial charge in [0.25, 0.3) is 0 Å². The summed E-state index contributed by atoms with van der Waals surface area (Å²) >= 11 is 0. The van der Waals surface area contributed by atoms with E-state index in [2.05, 4.69) is 42.3 Å². The maximum atomic E-state index is 12.6. The number of carbonyl (C=O) groups is 1. The molecule has 0 saturated carbocycles. The van der Waals surface area contributed by atoms with Gasteiger partial charge in [0, 0.05) is 31.1 Å². The lowest BCUT2D eigenvalue weighted by Gasteiger charge is -2.31. The predicted octanol–water partition coefficient (Wildman–Crippen LogP) is 6.01. The molecule has 0 atom stereocenters. The van der Waals surface area contributed by atoms with Crippen molar-refractivity contribution in [2.75, 3.05) is 24.7 Å². The average Bonchev–Trinajstić information content (AvgIpc) is 2.89. The molecule has 0 bridgehead atoms. The fraction of sp³-hybridized carbons (Fsp3) is 0.312. The van der Waals surface area contributed by atoms with Crippen LogP contribution in [0.1, 0.15) is 48.9 Å². The first kappa shape index (κ1) is 28.3. The van der Waals surface area contributed by atoms with Crippen molar-refractivity contribution >= 4 is 27.5 Å². The third-order valence-electron chi connectivity index (χ3n) is 7.24. The summed E-state index contributed by atoms with van der Waals surface area (Å²) < 4.78 is 23.3. The smallest absolute Gasteiger partial charge is 0.228 e. The maximum absolute atomic E-state index is 12.6. The van der Waals surface area contributed by atoms with Crippen LogP contribution in [0.5, 0.6) is 0 Å². The Labute approximate surface area is 231 Å². The van der Waals surface area contributed by atoms with E-state index in [1.807, 2.05) is 37.3 Å². The molecule has 1 aliphatic heterocycles. The predicted molar refractivity (Wildman–Crippen MR) is 157 cm³/mol. The third-order valence-corrected chi connectivity index (χ3v) is 8.37. The fourth-order valence-electron chi connectivity index (χ4n) is 4.95. The zero-order valence-electron chi connectivity index (χ0n) is 23.0. The normalized spacial score (nSPS) is 14.2. The largest absolute Gasteiger partial charge is 0.326 e. The molecule has 6 nitrogen and oxygen atoms in total. The van der Waals surface area contributed by atoms with Crippen LogP contribution in [-0.4, -0.2) is 44.6 Å². The minimum atomic E-state index is -3.27. The molecule has 39 heavy (non-hydrogen) atoms. The number of benzene rings is 3. The molecule has 0 aliphatic carbocycles. The van der Waals surface area contributed by atoms with E-state index in [1.165, 1.54) is 17.7 Å². The van der Waals surface area contributed by atoms with E-state index in [9.17, 15) is 18.5 Å². The zero-order chi connectivity index (χ0) is 28.2. The summed E-state index contributed by atoms with van der Waals surface area (Å²) in [6.45, 7) is 8.56. The number of anilines is 1. The number of carbonyl (C=O) groups excluding carboxylic acids is 1. The molecule has 1 fully saturated rings. The lowest BCUT2D eigenvalue weighted by atomic mass is 9.94. The lowest BCUT2D eigenvalue weighted by Crippen LogP contribution is -2.36. The number of nitriles is 1. The van der Waals surface area contributed by atoms with E-state index < -0.39 is 9.84 Å². The van der Waals surface area contributed by atoms with Gasteiger partial charge < -0.3 is 10.2 Å².